The molecular weight excluding hydrogens is 447 g/mol. The third-order valence-corrected chi connectivity index (χ3v) is 4.50. The van der Waals surface area contributed by atoms with Crippen LogP contribution in [-0.4, -0.2) is 30.6 Å². The lowest BCUT2D eigenvalue weighted by atomic mass is 10.2. The average molecular weight is 474 g/mol. The Morgan fingerprint density at radius 2 is 2.04 bits per heavy atom. The molecule has 25 heavy (non-hydrogen) atoms. The van der Waals surface area contributed by atoms with E-state index in [9.17, 15) is 0 Å². The Labute approximate surface area is 171 Å². The number of hydrogen-bond acceptors (Lipinski definition) is 4. The fraction of sp³-hybridized carbons (Fsp3) is 0.444. The van der Waals surface area contributed by atoms with Crippen molar-refractivity contribution >= 4 is 41.3 Å². The zero-order chi connectivity index (χ0) is 17.4. The Bertz CT molecular complexity index is 668. The second-order valence-electron chi connectivity index (χ2n) is 5.54. The van der Waals surface area contributed by atoms with Gasteiger partial charge in [0.1, 0.15) is 17.4 Å². The minimum atomic E-state index is 0. The molecule has 2 N–H and O–H groups in total. The molecule has 0 bridgehead atoms. The molecule has 0 fully saturated rings. The van der Waals surface area contributed by atoms with Gasteiger partial charge in [-0.3, -0.25) is 0 Å². The van der Waals surface area contributed by atoms with Crippen LogP contribution in [0.4, 0.5) is 0 Å². The lowest BCUT2D eigenvalue weighted by Gasteiger charge is -2.12. The summed E-state index contributed by atoms with van der Waals surface area (Å²) in [5.41, 5.74) is 2.29. The molecule has 2 rings (SSSR count). The molecule has 1 aromatic carbocycles. The van der Waals surface area contributed by atoms with Crippen molar-refractivity contribution in [3.63, 3.8) is 0 Å². The molecule has 5 nitrogen and oxygen atoms in total. The first-order valence-electron chi connectivity index (χ1n) is 8.23. The number of aliphatic imine (C=N–C) groups is 1. The highest BCUT2D eigenvalue weighted by Crippen LogP contribution is 2.17. The molecule has 0 spiro atoms. The molecule has 0 aliphatic rings. The van der Waals surface area contributed by atoms with Gasteiger partial charge in [-0.1, -0.05) is 12.1 Å². The second kappa shape index (κ2) is 11.3. The van der Waals surface area contributed by atoms with E-state index < -0.39 is 0 Å². The number of hydrogen-bond donors (Lipinski definition) is 2. The van der Waals surface area contributed by atoms with Crippen molar-refractivity contribution in [2.45, 2.75) is 34.2 Å². The molecule has 0 unspecified atom stereocenters. The van der Waals surface area contributed by atoms with Gasteiger partial charge in [-0.25, -0.2) is 9.98 Å². The van der Waals surface area contributed by atoms with Gasteiger partial charge in [-0.05, 0) is 45.4 Å². The van der Waals surface area contributed by atoms with Crippen molar-refractivity contribution in [3.05, 3.63) is 45.4 Å². The van der Waals surface area contributed by atoms with Crippen LogP contribution in [0.15, 0.2) is 29.3 Å². The van der Waals surface area contributed by atoms with Gasteiger partial charge in [0.25, 0.3) is 0 Å². The van der Waals surface area contributed by atoms with E-state index in [1.807, 2.05) is 25.1 Å². The Morgan fingerprint density at radius 1 is 1.24 bits per heavy atom. The van der Waals surface area contributed by atoms with E-state index in [0.717, 1.165) is 29.0 Å². The maximum absolute atomic E-state index is 5.74. The number of benzene rings is 1. The largest absolute Gasteiger partial charge is 0.492 e. The standard InChI is InChI=1S/C18H26N4OS.HI/c1-5-19-18(21-12-17-22-14(3)15(4)24-17)20-9-10-23-16-8-6-7-13(2)11-16;/h6-8,11H,5,9-10,12H2,1-4H3,(H2,19,20,21);1H. The second-order valence-corrected chi connectivity index (χ2v) is 6.82. The van der Waals surface area contributed by atoms with Crippen LogP contribution < -0.4 is 15.4 Å². The maximum Gasteiger partial charge on any atom is 0.191 e. The molecule has 0 saturated heterocycles. The first kappa shape index (κ1) is 21.7. The third kappa shape index (κ3) is 7.60. The van der Waals surface area contributed by atoms with Gasteiger partial charge >= 0.3 is 0 Å². The fourth-order valence-corrected chi connectivity index (χ4v) is 3.00. The lowest BCUT2D eigenvalue weighted by molar-refractivity contribution is 0.321. The summed E-state index contributed by atoms with van der Waals surface area (Å²) in [6.45, 7) is 10.9. The van der Waals surface area contributed by atoms with E-state index >= 15 is 0 Å². The minimum absolute atomic E-state index is 0. The summed E-state index contributed by atoms with van der Waals surface area (Å²) in [7, 11) is 0. The van der Waals surface area contributed by atoms with Crippen LogP contribution >= 0.6 is 35.3 Å². The molecule has 2 aromatic rings. The number of rotatable bonds is 7. The Morgan fingerprint density at radius 3 is 2.68 bits per heavy atom. The molecule has 0 aliphatic heterocycles. The molecule has 1 heterocycles. The molecule has 0 atom stereocenters. The minimum Gasteiger partial charge on any atom is -0.492 e. The Hall–Kier alpha value is -1.35. The predicted octanol–water partition coefficient (Wildman–Crippen LogP) is 3.82. The molecule has 0 radical (unpaired) electrons. The van der Waals surface area contributed by atoms with E-state index in [0.29, 0.717) is 19.7 Å². The Kier molecular flexibility index (Phi) is 9.81. The smallest absolute Gasteiger partial charge is 0.191 e. The Balaban J connectivity index is 0.00000312. The fourth-order valence-electron chi connectivity index (χ4n) is 2.14. The van der Waals surface area contributed by atoms with Gasteiger partial charge in [0, 0.05) is 11.4 Å². The zero-order valence-corrected chi connectivity index (χ0v) is 18.4. The molecule has 7 heteroatoms. The van der Waals surface area contributed by atoms with E-state index in [-0.39, 0.29) is 24.0 Å². The third-order valence-electron chi connectivity index (χ3n) is 3.44. The molecule has 1 aromatic heterocycles. The van der Waals surface area contributed by atoms with Crippen LogP contribution in [0.25, 0.3) is 0 Å². The van der Waals surface area contributed by atoms with Crippen LogP contribution in [0.1, 0.15) is 28.1 Å². The predicted molar refractivity (Wildman–Crippen MR) is 116 cm³/mol. The van der Waals surface area contributed by atoms with Crippen LogP contribution in [0.2, 0.25) is 0 Å². The van der Waals surface area contributed by atoms with Crippen molar-refractivity contribution in [2.24, 2.45) is 4.99 Å². The highest BCUT2D eigenvalue weighted by Gasteiger charge is 2.04. The number of aromatic nitrogens is 1. The van der Waals surface area contributed by atoms with Gasteiger partial charge in [-0.15, -0.1) is 35.3 Å². The summed E-state index contributed by atoms with van der Waals surface area (Å²) < 4.78 is 5.74. The number of aryl methyl sites for hydroxylation is 3. The maximum atomic E-state index is 5.74. The summed E-state index contributed by atoms with van der Waals surface area (Å²) in [4.78, 5) is 10.4. The van der Waals surface area contributed by atoms with Crippen molar-refractivity contribution in [3.8, 4) is 5.75 Å². The summed E-state index contributed by atoms with van der Waals surface area (Å²) >= 11 is 1.70. The highest BCUT2D eigenvalue weighted by molar-refractivity contribution is 14.0. The van der Waals surface area contributed by atoms with Crippen LogP contribution in [0.5, 0.6) is 5.75 Å². The van der Waals surface area contributed by atoms with E-state index in [4.69, 9.17) is 4.74 Å². The van der Waals surface area contributed by atoms with E-state index in [1.165, 1.54) is 10.4 Å². The lowest BCUT2D eigenvalue weighted by Crippen LogP contribution is -2.39. The molecule has 0 saturated carbocycles. The summed E-state index contributed by atoms with van der Waals surface area (Å²) in [5, 5.41) is 7.57. The summed E-state index contributed by atoms with van der Waals surface area (Å²) in [6.07, 6.45) is 0. The van der Waals surface area contributed by atoms with Crippen LogP contribution in [0, 0.1) is 20.8 Å². The normalized spacial score (nSPS) is 11.0. The molecule has 0 amide bonds. The molecule has 138 valence electrons. The van der Waals surface area contributed by atoms with Crippen molar-refractivity contribution in [1.29, 1.82) is 0 Å². The zero-order valence-electron chi connectivity index (χ0n) is 15.3. The monoisotopic (exact) mass is 474 g/mol. The van der Waals surface area contributed by atoms with Gasteiger partial charge in [0.05, 0.1) is 18.8 Å². The topological polar surface area (TPSA) is 58.5 Å². The van der Waals surface area contributed by atoms with Crippen LogP contribution in [-0.2, 0) is 6.54 Å². The van der Waals surface area contributed by atoms with Crippen molar-refractivity contribution < 1.29 is 4.74 Å². The van der Waals surface area contributed by atoms with Gasteiger partial charge in [0.2, 0.25) is 0 Å². The van der Waals surface area contributed by atoms with Gasteiger partial charge in [0.15, 0.2) is 5.96 Å². The number of nitrogens with one attached hydrogen (secondary N) is 2. The SMILES string of the molecule is CCNC(=NCc1nc(C)c(C)s1)NCCOc1cccc(C)c1.I. The molecular formula is C18H27IN4OS. The summed E-state index contributed by atoms with van der Waals surface area (Å²) in [5.74, 6) is 1.68. The van der Waals surface area contributed by atoms with Crippen molar-refractivity contribution in [2.75, 3.05) is 19.7 Å². The quantitative estimate of drug-likeness (QED) is 0.277. The van der Waals surface area contributed by atoms with Gasteiger partial charge < -0.3 is 15.4 Å². The van der Waals surface area contributed by atoms with Gasteiger partial charge in [-0.2, -0.15) is 0 Å². The number of nitrogens with zero attached hydrogens (tertiary/aromatic N) is 2. The van der Waals surface area contributed by atoms with E-state index in [2.05, 4.69) is 47.4 Å². The number of guanidine groups is 1. The highest BCUT2D eigenvalue weighted by atomic mass is 127. The number of thiazole rings is 1. The molecule has 0 aliphatic carbocycles. The summed E-state index contributed by atoms with van der Waals surface area (Å²) in [6, 6.07) is 8.07. The van der Waals surface area contributed by atoms with E-state index in [1.54, 1.807) is 11.3 Å². The van der Waals surface area contributed by atoms with Crippen molar-refractivity contribution in [1.82, 2.24) is 15.6 Å². The number of ether oxygens (including phenoxy) is 1. The first-order valence-corrected chi connectivity index (χ1v) is 9.04. The average Bonchev–Trinajstić information content (AvgIpc) is 2.87. The number of halogens is 1. The van der Waals surface area contributed by atoms with Crippen LogP contribution in [0.3, 0.4) is 0 Å². The first-order chi connectivity index (χ1) is 11.6.